The molecule has 4 aromatic rings. The highest BCUT2D eigenvalue weighted by molar-refractivity contribution is 7.99. The maximum Gasteiger partial charge on any atom is 0.275 e. The first-order valence-electron chi connectivity index (χ1n) is 10.4. The second-order valence-corrected chi connectivity index (χ2v) is 9.56. The van der Waals surface area contributed by atoms with E-state index in [0.29, 0.717) is 27.2 Å². The van der Waals surface area contributed by atoms with Crippen molar-refractivity contribution in [3.05, 3.63) is 101 Å². The van der Waals surface area contributed by atoms with Crippen LogP contribution in [-0.2, 0) is 5.75 Å². The van der Waals surface area contributed by atoms with Gasteiger partial charge in [0.25, 0.3) is 5.91 Å². The van der Waals surface area contributed by atoms with Crippen molar-refractivity contribution in [1.29, 1.82) is 0 Å². The van der Waals surface area contributed by atoms with Gasteiger partial charge in [-0.05, 0) is 49.2 Å². The molecule has 0 spiro atoms. The Bertz CT molecular complexity index is 1280. The summed E-state index contributed by atoms with van der Waals surface area (Å²) in [5, 5.41) is 13.1. The fraction of sp³-hybridized carbons (Fsp3) is 0.115. The molecule has 0 saturated heterocycles. The number of carbonyl (C=O) groups excluding carboxylic acids is 1. The predicted octanol–water partition coefficient (Wildman–Crippen LogP) is 6.49. The molecular formula is C26H23N3O2S2. The van der Waals surface area contributed by atoms with E-state index in [-0.39, 0.29) is 11.7 Å². The summed E-state index contributed by atoms with van der Waals surface area (Å²) in [6, 6.07) is 22.7. The van der Waals surface area contributed by atoms with Gasteiger partial charge in [0.1, 0.15) is 11.4 Å². The van der Waals surface area contributed by atoms with E-state index in [1.54, 1.807) is 24.4 Å². The van der Waals surface area contributed by atoms with E-state index in [9.17, 15) is 9.90 Å². The summed E-state index contributed by atoms with van der Waals surface area (Å²) in [4.78, 5) is 23.9. The molecule has 4 rings (SSSR count). The summed E-state index contributed by atoms with van der Waals surface area (Å²) in [6.45, 7) is 4.11. The number of phenolic OH excluding ortho intramolecular Hbond substituents is 1. The van der Waals surface area contributed by atoms with Crippen LogP contribution in [0.25, 0.3) is 0 Å². The number of hydrogen-bond acceptors (Lipinski definition) is 6. The predicted molar refractivity (Wildman–Crippen MR) is 134 cm³/mol. The summed E-state index contributed by atoms with van der Waals surface area (Å²) in [5.74, 6) is 0.444. The molecule has 2 N–H and O–H groups in total. The summed E-state index contributed by atoms with van der Waals surface area (Å²) in [7, 11) is 0. The number of hydrogen-bond donors (Lipinski definition) is 2. The van der Waals surface area contributed by atoms with Gasteiger partial charge in [-0.3, -0.25) is 4.79 Å². The van der Waals surface area contributed by atoms with Crippen LogP contribution < -0.4 is 5.32 Å². The number of phenols is 1. The molecule has 1 amide bonds. The lowest BCUT2D eigenvalue weighted by atomic mass is 10.1. The maximum absolute atomic E-state index is 13.2. The molecule has 0 saturated carbocycles. The van der Waals surface area contributed by atoms with Gasteiger partial charge in [-0.25, -0.2) is 9.97 Å². The fourth-order valence-electron chi connectivity index (χ4n) is 3.08. The van der Waals surface area contributed by atoms with Crippen molar-refractivity contribution in [3.8, 4) is 5.75 Å². The van der Waals surface area contributed by atoms with Crippen molar-refractivity contribution in [2.45, 2.75) is 34.5 Å². The highest BCUT2D eigenvalue weighted by Gasteiger charge is 2.18. The van der Waals surface area contributed by atoms with Crippen LogP contribution in [0, 0.1) is 13.8 Å². The molecule has 7 heteroatoms. The first-order chi connectivity index (χ1) is 16.0. The van der Waals surface area contributed by atoms with Crippen LogP contribution in [0.5, 0.6) is 5.75 Å². The van der Waals surface area contributed by atoms with Crippen molar-refractivity contribution in [2.75, 3.05) is 5.32 Å². The van der Waals surface area contributed by atoms with Gasteiger partial charge in [-0.2, -0.15) is 0 Å². The molecule has 0 aliphatic carbocycles. The summed E-state index contributed by atoms with van der Waals surface area (Å²) >= 11 is 2.94. The summed E-state index contributed by atoms with van der Waals surface area (Å²) in [6.07, 6.45) is 1.70. The molecule has 0 atom stereocenters. The van der Waals surface area contributed by atoms with Gasteiger partial charge in [-0.15, -0.1) is 0 Å². The van der Waals surface area contributed by atoms with Crippen LogP contribution in [-0.4, -0.2) is 21.0 Å². The van der Waals surface area contributed by atoms with E-state index < -0.39 is 0 Å². The van der Waals surface area contributed by atoms with Crippen molar-refractivity contribution in [3.63, 3.8) is 0 Å². The fourth-order valence-corrected chi connectivity index (χ4v) is 4.84. The summed E-state index contributed by atoms with van der Waals surface area (Å²) in [5.41, 5.74) is 4.37. The van der Waals surface area contributed by atoms with Crippen LogP contribution in [0.3, 0.4) is 0 Å². The van der Waals surface area contributed by atoms with Crippen molar-refractivity contribution >= 4 is 35.1 Å². The number of thioether (sulfide) groups is 1. The number of benzene rings is 3. The Balaban J connectivity index is 1.61. The Morgan fingerprint density at radius 3 is 2.55 bits per heavy atom. The van der Waals surface area contributed by atoms with E-state index in [1.165, 1.54) is 46.3 Å². The third-order valence-electron chi connectivity index (χ3n) is 4.92. The maximum atomic E-state index is 13.2. The third kappa shape index (κ3) is 6.15. The number of rotatable bonds is 7. The minimum Gasteiger partial charge on any atom is -0.508 e. The number of nitrogens with zero attached hydrogens (tertiary/aromatic N) is 2. The first-order valence-corrected chi connectivity index (χ1v) is 12.2. The number of carbonyl (C=O) groups is 1. The molecule has 33 heavy (non-hydrogen) atoms. The smallest absolute Gasteiger partial charge is 0.275 e. The van der Waals surface area contributed by atoms with E-state index in [4.69, 9.17) is 0 Å². The zero-order valence-corrected chi connectivity index (χ0v) is 19.9. The highest BCUT2D eigenvalue weighted by atomic mass is 32.2. The lowest BCUT2D eigenvalue weighted by molar-refractivity contribution is 0.101. The Labute approximate surface area is 201 Å². The Morgan fingerprint density at radius 2 is 1.79 bits per heavy atom. The highest BCUT2D eigenvalue weighted by Crippen LogP contribution is 2.32. The van der Waals surface area contributed by atoms with Gasteiger partial charge in [0.05, 0.1) is 4.90 Å². The Hall–Kier alpha value is -3.29. The number of aromatic nitrogens is 2. The number of aromatic hydroxyl groups is 1. The average molecular weight is 474 g/mol. The number of nitrogens with one attached hydrogen (secondary N) is 1. The van der Waals surface area contributed by atoms with E-state index in [0.717, 1.165) is 4.90 Å². The lowest BCUT2D eigenvalue weighted by Crippen LogP contribution is -2.16. The Kier molecular flexibility index (Phi) is 7.32. The van der Waals surface area contributed by atoms with Crippen LogP contribution in [0.15, 0.2) is 93.9 Å². The van der Waals surface area contributed by atoms with Gasteiger partial charge >= 0.3 is 0 Å². The van der Waals surface area contributed by atoms with Crippen LogP contribution in [0.4, 0.5) is 5.69 Å². The van der Waals surface area contributed by atoms with Crippen molar-refractivity contribution in [2.24, 2.45) is 0 Å². The first kappa shape index (κ1) is 22.9. The van der Waals surface area contributed by atoms with Crippen molar-refractivity contribution in [1.82, 2.24) is 9.97 Å². The quantitative estimate of drug-likeness (QED) is 0.236. The topological polar surface area (TPSA) is 75.1 Å². The molecule has 0 fully saturated rings. The molecule has 0 unspecified atom stereocenters. The third-order valence-corrected chi connectivity index (χ3v) is 6.86. The zero-order valence-electron chi connectivity index (χ0n) is 18.3. The van der Waals surface area contributed by atoms with Gasteiger partial charge < -0.3 is 10.4 Å². The molecular weight excluding hydrogens is 450 g/mol. The molecule has 1 heterocycles. The summed E-state index contributed by atoms with van der Waals surface area (Å²) < 4.78 is 0. The molecule has 0 aliphatic heterocycles. The molecule has 0 bridgehead atoms. The van der Waals surface area contributed by atoms with Gasteiger partial charge in [0, 0.05) is 28.6 Å². The monoisotopic (exact) mass is 473 g/mol. The van der Waals surface area contributed by atoms with Gasteiger partial charge in [0.15, 0.2) is 5.16 Å². The standard InChI is InChI=1S/C26H23N3O2S2/c1-17-10-12-22(13-11-17)33-23-15-27-26(32-16-19-7-4-3-6-18(19)2)29-24(23)25(31)28-20-8-5-9-21(30)14-20/h3-15,30H,16H2,1-2H3,(H,28,31). The lowest BCUT2D eigenvalue weighted by Gasteiger charge is -2.11. The zero-order chi connectivity index (χ0) is 23.2. The number of anilines is 1. The average Bonchev–Trinajstić information content (AvgIpc) is 2.80. The second-order valence-electron chi connectivity index (χ2n) is 7.50. The molecule has 3 aromatic carbocycles. The minimum absolute atomic E-state index is 0.0826. The van der Waals surface area contributed by atoms with E-state index in [1.807, 2.05) is 43.3 Å². The Morgan fingerprint density at radius 1 is 1.00 bits per heavy atom. The molecule has 1 aromatic heterocycles. The molecule has 0 radical (unpaired) electrons. The van der Waals surface area contributed by atoms with E-state index in [2.05, 4.69) is 34.3 Å². The largest absolute Gasteiger partial charge is 0.508 e. The molecule has 166 valence electrons. The van der Waals surface area contributed by atoms with Crippen molar-refractivity contribution < 1.29 is 9.90 Å². The molecule has 0 aliphatic rings. The normalized spacial score (nSPS) is 10.7. The molecule has 5 nitrogen and oxygen atoms in total. The number of aryl methyl sites for hydroxylation is 2. The van der Waals surface area contributed by atoms with E-state index >= 15 is 0 Å². The SMILES string of the molecule is Cc1ccc(Sc2cnc(SCc3ccccc3C)nc2C(=O)Nc2cccc(O)c2)cc1. The van der Waals surface area contributed by atoms with Gasteiger partial charge in [0.2, 0.25) is 0 Å². The number of amides is 1. The van der Waals surface area contributed by atoms with Crippen LogP contribution >= 0.6 is 23.5 Å². The van der Waals surface area contributed by atoms with Crippen LogP contribution in [0.1, 0.15) is 27.2 Å². The van der Waals surface area contributed by atoms with Gasteiger partial charge in [-0.1, -0.05) is 71.6 Å². The minimum atomic E-state index is -0.352. The second kappa shape index (κ2) is 10.6. The van der Waals surface area contributed by atoms with Crippen LogP contribution in [0.2, 0.25) is 0 Å².